The zero-order valence-corrected chi connectivity index (χ0v) is 21.8. The second kappa shape index (κ2) is 11.7. The Morgan fingerprint density at radius 2 is 1.86 bits per heavy atom. The molecule has 2 N–H and O–H groups in total. The van der Waals surface area contributed by atoms with Crippen molar-refractivity contribution < 1.29 is 9.53 Å². The first-order chi connectivity index (χ1) is 17.3. The van der Waals surface area contributed by atoms with Crippen molar-refractivity contribution in [3.05, 3.63) is 53.7 Å². The molecule has 7 nitrogen and oxygen atoms in total. The van der Waals surface area contributed by atoms with Crippen LogP contribution in [0.2, 0.25) is 0 Å². The Bertz CT molecular complexity index is 1060. The molecule has 1 saturated carbocycles. The van der Waals surface area contributed by atoms with Crippen LogP contribution in [0.4, 0.5) is 11.5 Å². The first kappa shape index (κ1) is 26.0. The van der Waals surface area contributed by atoms with Crippen LogP contribution in [-0.2, 0) is 16.1 Å². The van der Waals surface area contributed by atoms with Gasteiger partial charge in [-0.1, -0.05) is 12.8 Å². The van der Waals surface area contributed by atoms with Gasteiger partial charge < -0.3 is 20.3 Å². The molecular weight excluding hydrogens is 450 g/mol. The fourth-order valence-electron chi connectivity index (χ4n) is 5.10. The van der Waals surface area contributed by atoms with Crippen LogP contribution in [0.3, 0.4) is 0 Å². The molecule has 7 heteroatoms. The Kier molecular flexibility index (Phi) is 8.48. The minimum absolute atomic E-state index is 0.201. The largest absolute Gasteiger partial charge is 0.460 e. The molecule has 1 aliphatic heterocycles. The smallest absolute Gasteiger partial charge is 0.311 e. The molecule has 0 radical (unpaired) electrons. The Balaban J connectivity index is 1.35. The number of carbonyl (C=O) groups excluding carboxylic acids is 1. The summed E-state index contributed by atoms with van der Waals surface area (Å²) >= 11 is 0. The van der Waals surface area contributed by atoms with E-state index < -0.39 is 5.41 Å². The monoisotopic (exact) mass is 489 g/mol. The van der Waals surface area contributed by atoms with Gasteiger partial charge in [0.05, 0.1) is 17.0 Å². The fourth-order valence-corrected chi connectivity index (χ4v) is 5.10. The van der Waals surface area contributed by atoms with Crippen LogP contribution in [0.5, 0.6) is 0 Å². The summed E-state index contributed by atoms with van der Waals surface area (Å²) in [6.45, 7) is 7.87. The third-order valence-electron chi connectivity index (χ3n) is 7.14. The summed E-state index contributed by atoms with van der Waals surface area (Å²) in [5, 5.41) is 16.7. The summed E-state index contributed by atoms with van der Waals surface area (Å²) < 4.78 is 5.49. The Morgan fingerprint density at radius 1 is 1.11 bits per heavy atom. The summed E-state index contributed by atoms with van der Waals surface area (Å²) in [5.74, 6) is 0.633. The maximum atomic E-state index is 12.1. The molecule has 2 aromatic rings. The zero-order chi connectivity index (χ0) is 25.5. The summed E-state index contributed by atoms with van der Waals surface area (Å²) in [7, 11) is 0. The minimum Gasteiger partial charge on any atom is -0.460 e. The van der Waals surface area contributed by atoms with Crippen LogP contribution in [0.1, 0.15) is 70.4 Å². The second-order valence-corrected chi connectivity index (χ2v) is 11.1. The highest BCUT2D eigenvalue weighted by Gasteiger charge is 2.29. The Labute approximate surface area is 215 Å². The van der Waals surface area contributed by atoms with E-state index in [0.29, 0.717) is 23.7 Å². The van der Waals surface area contributed by atoms with Crippen molar-refractivity contribution in [2.45, 2.75) is 84.0 Å². The van der Waals surface area contributed by atoms with Crippen molar-refractivity contribution in [2.75, 3.05) is 23.3 Å². The van der Waals surface area contributed by atoms with E-state index >= 15 is 0 Å². The van der Waals surface area contributed by atoms with Crippen molar-refractivity contribution in [1.82, 2.24) is 10.3 Å². The van der Waals surface area contributed by atoms with E-state index in [4.69, 9.17) is 10.00 Å². The van der Waals surface area contributed by atoms with Gasteiger partial charge in [-0.05, 0) is 88.4 Å². The number of rotatable bonds is 7. The molecule has 4 rings (SSSR count). The summed E-state index contributed by atoms with van der Waals surface area (Å²) in [5.41, 5.74) is 2.32. The number of nitrogens with zero attached hydrogens (tertiary/aromatic N) is 3. The Morgan fingerprint density at radius 3 is 2.58 bits per heavy atom. The van der Waals surface area contributed by atoms with Gasteiger partial charge in [0.15, 0.2) is 0 Å². The SMILES string of the molecule is CC(C)(C)C(=O)OCc1ccnc(N[C@@H]2CCCC[C@H]2N[C@H]2CCCN(c3ccc(C#N)cc3)C2)c1. The van der Waals surface area contributed by atoms with Gasteiger partial charge in [0.2, 0.25) is 0 Å². The van der Waals surface area contributed by atoms with Crippen molar-refractivity contribution >= 4 is 17.5 Å². The number of nitrogens with one attached hydrogen (secondary N) is 2. The van der Waals surface area contributed by atoms with Gasteiger partial charge in [-0.25, -0.2) is 4.98 Å². The number of pyridine rings is 1. The molecule has 1 aromatic heterocycles. The van der Waals surface area contributed by atoms with Crippen LogP contribution < -0.4 is 15.5 Å². The lowest BCUT2D eigenvalue weighted by molar-refractivity contribution is -0.154. The summed E-state index contributed by atoms with van der Waals surface area (Å²) in [6.07, 6.45) is 8.80. The van der Waals surface area contributed by atoms with Gasteiger partial charge in [-0.3, -0.25) is 4.79 Å². The quantitative estimate of drug-likeness (QED) is 0.528. The van der Waals surface area contributed by atoms with Gasteiger partial charge in [0, 0.05) is 43.1 Å². The molecule has 2 aliphatic rings. The molecule has 3 atom stereocenters. The van der Waals surface area contributed by atoms with Crippen molar-refractivity contribution in [3.8, 4) is 6.07 Å². The number of nitriles is 1. The van der Waals surface area contributed by atoms with Crippen molar-refractivity contribution in [2.24, 2.45) is 5.41 Å². The lowest BCUT2D eigenvalue weighted by atomic mass is 9.89. The third kappa shape index (κ3) is 6.98. The summed E-state index contributed by atoms with van der Waals surface area (Å²) in [6, 6.07) is 15.1. The number of hydrogen-bond donors (Lipinski definition) is 2. The van der Waals surface area contributed by atoms with Crippen LogP contribution in [0.15, 0.2) is 42.6 Å². The van der Waals surface area contributed by atoms with E-state index in [2.05, 4.69) is 38.7 Å². The predicted octanol–water partition coefficient (Wildman–Crippen LogP) is 5.02. The molecule has 192 valence electrons. The first-order valence-corrected chi connectivity index (χ1v) is 13.2. The van der Waals surface area contributed by atoms with E-state index in [1.54, 1.807) is 6.20 Å². The van der Waals surface area contributed by atoms with Crippen LogP contribution >= 0.6 is 0 Å². The van der Waals surface area contributed by atoms with Crippen molar-refractivity contribution in [1.29, 1.82) is 5.26 Å². The van der Waals surface area contributed by atoms with Crippen molar-refractivity contribution in [3.63, 3.8) is 0 Å². The molecule has 0 unspecified atom stereocenters. The van der Waals surface area contributed by atoms with Gasteiger partial charge in [-0.2, -0.15) is 5.26 Å². The fraction of sp³-hybridized carbons (Fsp3) is 0.552. The normalized spacial score (nSPS) is 22.5. The average Bonchev–Trinajstić information content (AvgIpc) is 2.88. The first-order valence-electron chi connectivity index (χ1n) is 13.2. The molecule has 36 heavy (non-hydrogen) atoms. The number of carbonyl (C=O) groups is 1. The van der Waals surface area contributed by atoms with Crippen LogP contribution in [0.25, 0.3) is 0 Å². The molecule has 0 spiro atoms. The van der Waals surface area contributed by atoms with Crippen LogP contribution in [0, 0.1) is 16.7 Å². The minimum atomic E-state index is -0.510. The number of hydrogen-bond acceptors (Lipinski definition) is 7. The van der Waals surface area contributed by atoms with Gasteiger partial charge in [0.1, 0.15) is 12.4 Å². The molecule has 1 aromatic carbocycles. The van der Waals surface area contributed by atoms with E-state index in [9.17, 15) is 4.79 Å². The third-order valence-corrected chi connectivity index (χ3v) is 7.14. The molecular formula is C29H39N5O2. The topological polar surface area (TPSA) is 90.3 Å². The molecule has 2 heterocycles. The number of aromatic nitrogens is 1. The number of ether oxygens (including phenoxy) is 1. The van der Waals surface area contributed by atoms with Gasteiger partial charge in [-0.15, -0.1) is 0 Å². The maximum absolute atomic E-state index is 12.1. The summed E-state index contributed by atoms with van der Waals surface area (Å²) in [4.78, 5) is 19.1. The maximum Gasteiger partial charge on any atom is 0.311 e. The average molecular weight is 490 g/mol. The van der Waals surface area contributed by atoms with Gasteiger partial charge >= 0.3 is 5.97 Å². The number of esters is 1. The van der Waals surface area contributed by atoms with Crippen LogP contribution in [-0.4, -0.2) is 42.2 Å². The molecule has 1 aliphatic carbocycles. The van der Waals surface area contributed by atoms with E-state index in [1.165, 1.54) is 24.9 Å². The molecule has 0 bridgehead atoms. The highest BCUT2D eigenvalue weighted by atomic mass is 16.5. The standard InChI is InChI=1S/C29H39N5O2/c1-29(2,3)28(35)36-20-22-14-15-31-27(17-22)33-26-9-5-4-8-25(26)32-23-7-6-16-34(19-23)24-12-10-21(18-30)11-13-24/h10-15,17,23,25-26,32H,4-9,16,19-20H2,1-3H3,(H,31,33)/t23-,25+,26+/m0/s1. The number of anilines is 2. The van der Waals surface area contributed by atoms with E-state index in [-0.39, 0.29) is 12.6 Å². The molecule has 0 amide bonds. The Hall–Kier alpha value is -3.11. The second-order valence-electron chi connectivity index (χ2n) is 11.1. The lowest BCUT2D eigenvalue weighted by Crippen LogP contribution is -2.55. The highest BCUT2D eigenvalue weighted by Crippen LogP contribution is 2.26. The highest BCUT2D eigenvalue weighted by molar-refractivity contribution is 5.75. The molecule has 2 fully saturated rings. The van der Waals surface area contributed by atoms with E-state index in [0.717, 1.165) is 43.7 Å². The van der Waals surface area contributed by atoms with E-state index in [1.807, 2.05) is 45.0 Å². The predicted molar refractivity (Wildman–Crippen MR) is 143 cm³/mol. The van der Waals surface area contributed by atoms with Gasteiger partial charge in [0.25, 0.3) is 0 Å². The zero-order valence-electron chi connectivity index (χ0n) is 21.8. The molecule has 1 saturated heterocycles. The lowest BCUT2D eigenvalue weighted by Gasteiger charge is -2.40. The number of piperidine rings is 1. The number of benzene rings is 1.